The first-order valence-corrected chi connectivity index (χ1v) is 6.22. The minimum Gasteiger partial charge on any atom is -0.350 e. The molecule has 0 heterocycles. The van der Waals surface area contributed by atoms with Crippen LogP contribution in [0.3, 0.4) is 0 Å². The van der Waals surface area contributed by atoms with E-state index in [4.69, 9.17) is 9.79 Å². The number of hydrogen-bond acceptors (Lipinski definition) is 2. The fourth-order valence-electron chi connectivity index (χ4n) is 2.07. The van der Waals surface area contributed by atoms with E-state index < -0.39 is 8.38 Å². The highest BCUT2D eigenvalue weighted by Gasteiger charge is 2.25. The number of rotatable bonds is 3. The summed E-state index contributed by atoms with van der Waals surface area (Å²) < 4.78 is 0. The molecule has 0 aromatic rings. The van der Waals surface area contributed by atoms with Gasteiger partial charge in [-0.25, -0.2) is 0 Å². The molecule has 2 N–H and O–H groups in total. The lowest BCUT2D eigenvalue weighted by Crippen LogP contribution is -2.17. The minimum atomic E-state index is -1.65. The topological polar surface area (TPSA) is 40.5 Å². The molecule has 0 saturated heterocycles. The normalized spacial score (nSPS) is 31.0. The number of hydrogen-bond donors (Lipinski definition) is 2. The maximum atomic E-state index is 9.01. The molecule has 0 radical (unpaired) electrons. The monoisotopic (exact) mass is 190 g/mol. The van der Waals surface area contributed by atoms with E-state index in [9.17, 15) is 0 Å². The van der Waals surface area contributed by atoms with Gasteiger partial charge < -0.3 is 9.79 Å². The quantitative estimate of drug-likeness (QED) is 0.671. The lowest BCUT2D eigenvalue weighted by molar-refractivity contribution is 0.323. The Labute approximate surface area is 75.9 Å². The molecule has 0 amide bonds. The molecule has 0 spiro atoms. The first-order chi connectivity index (χ1) is 5.74. The van der Waals surface area contributed by atoms with Gasteiger partial charge in [0, 0.05) is 5.66 Å². The Hall–Kier alpha value is 0.350. The zero-order valence-electron chi connectivity index (χ0n) is 7.74. The molecule has 1 fully saturated rings. The van der Waals surface area contributed by atoms with Crippen LogP contribution in [0.25, 0.3) is 0 Å². The Bertz CT molecular complexity index is 120. The van der Waals surface area contributed by atoms with Gasteiger partial charge >= 0.3 is 0 Å². The van der Waals surface area contributed by atoms with Gasteiger partial charge in [-0.05, 0) is 31.6 Å². The zero-order chi connectivity index (χ0) is 8.97. The fraction of sp³-hybridized carbons (Fsp3) is 1.00. The summed E-state index contributed by atoms with van der Waals surface area (Å²) in [5.41, 5.74) is 0.216. The first kappa shape index (κ1) is 10.4. The highest BCUT2D eigenvalue weighted by Crippen LogP contribution is 2.42. The first-order valence-electron chi connectivity index (χ1n) is 4.91. The van der Waals surface area contributed by atoms with Crippen LogP contribution in [0.5, 0.6) is 0 Å². The predicted molar refractivity (Wildman–Crippen MR) is 52.0 cm³/mol. The minimum absolute atomic E-state index is 0.216. The summed E-state index contributed by atoms with van der Waals surface area (Å²) >= 11 is 0. The molecule has 1 aliphatic carbocycles. The zero-order valence-corrected chi connectivity index (χ0v) is 8.63. The molecule has 3 heteroatoms. The summed E-state index contributed by atoms with van der Waals surface area (Å²) in [5, 5.41) is 0. The van der Waals surface area contributed by atoms with Crippen LogP contribution >= 0.6 is 8.38 Å². The standard InChI is InChI=1S/C9H19O2P/c1-2-3-8-4-6-9(7-5-8)12(10)11/h8-11H,2-7H2,1H3. The molecule has 1 aliphatic rings. The molecule has 0 bridgehead atoms. The highest BCUT2D eigenvalue weighted by atomic mass is 31.2. The fourth-order valence-corrected chi connectivity index (χ4v) is 2.83. The van der Waals surface area contributed by atoms with Crippen LogP contribution in [0.2, 0.25) is 0 Å². The van der Waals surface area contributed by atoms with E-state index in [2.05, 4.69) is 6.92 Å². The van der Waals surface area contributed by atoms with Gasteiger partial charge in [-0.3, -0.25) is 0 Å². The summed E-state index contributed by atoms with van der Waals surface area (Å²) in [6.45, 7) is 2.22. The average Bonchev–Trinajstić information content (AvgIpc) is 2.06. The van der Waals surface area contributed by atoms with Gasteiger partial charge in [0.1, 0.15) is 0 Å². The summed E-state index contributed by atoms with van der Waals surface area (Å²) in [6, 6.07) is 0. The van der Waals surface area contributed by atoms with Gasteiger partial charge in [0.2, 0.25) is 0 Å². The van der Waals surface area contributed by atoms with Gasteiger partial charge in [0.25, 0.3) is 0 Å². The van der Waals surface area contributed by atoms with E-state index in [0.717, 1.165) is 18.8 Å². The van der Waals surface area contributed by atoms with Crippen LogP contribution in [-0.4, -0.2) is 15.4 Å². The van der Waals surface area contributed by atoms with Gasteiger partial charge in [-0.2, -0.15) is 0 Å². The summed E-state index contributed by atoms with van der Waals surface area (Å²) in [5.74, 6) is 0.862. The van der Waals surface area contributed by atoms with Crippen LogP contribution in [0.15, 0.2) is 0 Å². The second kappa shape index (κ2) is 5.16. The average molecular weight is 190 g/mol. The Morgan fingerprint density at radius 3 is 2.17 bits per heavy atom. The molecule has 0 aromatic heterocycles. The molecular weight excluding hydrogens is 171 g/mol. The molecule has 1 rings (SSSR count). The van der Waals surface area contributed by atoms with Crippen molar-refractivity contribution in [2.24, 2.45) is 5.92 Å². The van der Waals surface area contributed by atoms with Gasteiger partial charge in [0.15, 0.2) is 8.38 Å². The summed E-state index contributed by atoms with van der Waals surface area (Å²) in [4.78, 5) is 18.0. The van der Waals surface area contributed by atoms with Crippen molar-refractivity contribution in [2.75, 3.05) is 0 Å². The van der Waals surface area contributed by atoms with Crippen molar-refractivity contribution in [1.82, 2.24) is 0 Å². The van der Waals surface area contributed by atoms with Crippen molar-refractivity contribution in [1.29, 1.82) is 0 Å². The van der Waals surface area contributed by atoms with Crippen LogP contribution < -0.4 is 0 Å². The SMILES string of the molecule is CCCC1CCC(P(O)O)CC1. The predicted octanol–water partition coefficient (Wildman–Crippen LogP) is 2.64. The smallest absolute Gasteiger partial charge is 0.168 e. The largest absolute Gasteiger partial charge is 0.350 e. The van der Waals surface area contributed by atoms with Crippen molar-refractivity contribution >= 4 is 8.38 Å². The van der Waals surface area contributed by atoms with Crippen molar-refractivity contribution < 1.29 is 9.79 Å². The highest BCUT2D eigenvalue weighted by molar-refractivity contribution is 7.45. The second-order valence-corrected chi connectivity index (χ2v) is 5.15. The Morgan fingerprint density at radius 2 is 1.75 bits per heavy atom. The van der Waals surface area contributed by atoms with Crippen molar-refractivity contribution in [3.05, 3.63) is 0 Å². The van der Waals surface area contributed by atoms with E-state index in [0.29, 0.717) is 0 Å². The van der Waals surface area contributed by atoms with Gasteiger partial charge in [-0.1, -0.05) is 19.8 Å². The van der Waals surface area contributed by atoms with Crippen LogP contribution in [0, 0.1) is 5.92 Å². The molecule has 2 nitrogen and oxygen atoms in total. The molecule has 72 valence electrons. The van der Waals surface area contributed by atoms with E-state index >= 15 is 0 Å². The van der Waals surface area contributed by atoms with Crippen LogP contribution in [0.4, 0.5) is 0 Å². The van der Waals surface area contributed by atoms with Crippen molar-refractivity contribution in [3.63, 3.8) is 0 Å². The maximum Gasteiger partial charge on any atom is 0.168 e. The van der Waals surface area contributed by atoms with Crippen LogP contribution in [-0.2, 0) is 0 Å². The molecule has 0 unspecified atom stereocenters. The Morgan fingerprint density at radius 1 is 1.17 bits per heavy atom. The van der Waals surface area contributed by atoms with E-state index in [1.807, 2.05) is 0 Å². The third kappa shape index (κ3) is 3.01. The molecule has 0 aliphatic heterocycles. The second-order valence-electron chi connectivity index (χ2n) is 3.78. The summed E-state index contributed by atoms with van der Waals surface area (Å²) in [7, 11) is -1.65. The molecule has 12 heavy (non-hydrogen) atoms. The van der Waals surface area contributed by atoms with Crippen molar-refractivity contribution in [2.45, 2.75) is 51.1 Å². The van der Waals surface area contributed by atoms with E-state index in [1.165, 1.54) is 25.7 Å². The van der Waals surface area contributed by atoms with Crippen LogP contribution in [0.1, 0.15) is 45.4 Å². The van der Waals surface area contributed by atoms with E-state index in [1.54, 1.807) is 0 Å². The Balaban J connectivity index is 2.20. The van der Waals surface area contributed by atoms with E-state index in [-0.39, 0.29) is 5.66 Å². The third-order valence-corrected chi connectivity index (χ3v) is 4.01. The molecule has 0 aromatic carbocycles. The Kier molecular flexibility index (Phi) is 4.49. The molecule has 1 saturated carbocycles. The maximum absolute atomic E-state index is 9.01. The lowest BCUT2D eigenvalue weighted by Gasteiger charge is -2.28. The third-order valence-electron chi connectivity index (χ3n) is 2.84. The van der Waals surface area contributed by atoms with Gasteiger partial charge in [0.05, 0.1) is 0 Å². The lowest BCUT2D eigenvalue weighted by atomic mass is 9.86. The summed E-state index contributed by atoms with van der Waals surface area (Å²) in [6.07, 6.45) is 7.06. The molecule has 0 atom stereocenters. The van der Waals surface area contributed by atoms with Gasteiger partial charge in [-0.15, -0.1) is 0 Å². The molecular formula is C9H19O2P. The van der Waals surface area contributed by atoms with Crippen molar-refractivity contribution in [3.8, 4) is 0 Å².